The maximum atomic E-state index is 13.6. The van der Waals surface area contributed by atoms with Crippen LogP contribution < -0.4 is 10.6 Å². The van der Waals surface area contributed by atoms with Gasteiger partial charge in [0.15, 0.2) is 11.2 Å². The minimum Gasteiger partial charge on any atom is -0.452 e. The number of hydrogen-bond donors (Lipinski definition) is 2. The zero-order chi connectivity index (χ0) is 33.1. The van der Waals surface area contributed by atoms with Gasteiger partial charge in [0.1, 0.15) is 22.9 Å². The predicted molar refractivity (Wildman–Crippen MR) is 186 cm³/mol. The number of benzene rings is 3. The molecule has 14 heteroatoms. The quantitative estimate of drug-likeness (QED) is 0.102. The number of β-lactam (4-membered cyclic amide) rings is 1. The average Bonchev–Trinajstić information content (AvgIpc) is 3.51. The van der Waals surface area contributed by atoms with Crippen LogP contribution in [-0.2, 0) is 23.9 Å². The molecule has 2 unspecified atom stereocenters. The Kier molecular flexibility index (Phi) is 10.2. The maximum Gasteiger partial charge on any atom is 0.316 e. The summed E-state index contributed by atoms with van der Waals surface area (Å²) in [5.74, 6) is -1.12. The van der Waals surface area contributed by atoms with Crippen molar-refractivity contribution in [3.63, 3.8) is 0 Å². The SMILES string of the molecule is CC(=O)Nc1ncc(C2=C(NC(=O)CC(=O)OC(c3ccccc3)c3ccccc3)N3C(=O)C(Sc4ccc(Cl)c(Cl)c4)C3SC2)s1. The predicted octanol–water partition coefficient (Wildman–Crippen LogP) is 6.99. The normalized spacial score (nSPS) is 17.2. The number of amides is 3. The molecule has 9 nitrogen and oxygen atoms in total. The van der Waals surface area contributed by atoms with Crippen LogP contribution in [0.25, 0.3) is 5.57 Å². The van der Waals surface area contributed by atoms with Crippen molar-refractivity contribution in [1.29, 1.82) is 0 Å². The lowest BCUT2D eigenvalue weighted by atomic mass is 10.0. The van der Waals surface area contributed by atoms with E-state index in [1.165, 1.54) is 34.9 Å². The molecule has 3 heterocycles. The first-order chi connectivity index (χ1) is 22.7. The molecule has 6 rings (SSSR count). The van der Waals surface area contributed by atoms with Crippen LogP contribution in [0.3, 0.4) is 0 Å². The molecule has 0 spiro atoms. The van der Waals surface area contributed by atoms with E-state index in [0.717, 1.165) is 16.0 Å². The minimum atomic E-state index is -0.724. The van der Waals surface area contributed by atoms with Crippen molar-refractivity contribution in [2.24, 2.45) is 0 Å². The molecule has 1 saturated heterocycles. The van der Waals surface area contributed by atoms with Gasteiger partial charge >= 0.3 is 5.97 Å². The molecule has 2 atom stereocenters. The van der Waals surface area contributed by atoms with Crippen molar-refractivity contribution in [2.45, 2.75) is 35.0 Å². The van der Waals surface area contributed by atoms with Gasteiger partial charge in [-0.25, -0.2) is 4.98 Å². The lowest BCUT2D eigenvalue weighted by molar-refractivity contribution is -0.149. The van der Waals surface area contributed by atoms with E-state index >= 15 is 0 Å². The summed E-state index contributed by atoms with van der Waals surface area (Å²) in [4.78, 5) is 59.1. The Hall–Kier alpha value is -3.81. The summed E-state index contributed by atoms with van der Waals surface area (Å²) in [5.41, 5.74) is 2.18. The zero-order valence-corrected chi connectivity index (χ0v) is 28.6. The second-order valence-corrected chi connectivity index (χ2v) is 14.6. The summed E-state index contributed by atoms with van der Waals surface area (Å²) in [6.07, 6.45) is 0.306. The molecule has 3 amide bonds. The summed E-state index contributed by atoms with van der Waals surface area (Å²) in [6, 6.07) is 23.8. The van der Waals surface area contributed by atoms with Crippen molar-refractivity contribution >= 4 is 92.5 Å². The second kappa shape index (κ2) is 14.5. The molecule has 2 aliphatic heterocycles. The number of thioether (sulfide) groups is 2. The van der Waals surface area contributed by atoms with Crippen molar-refractivity contribution in [2.75, 3.05) is 11.1 Å². The molecule has 0 radical (unpaired) electrons. The van der Waals surface area contributed by atoms with Crippen LogP contribution in [0, 0.1) is 0 Å². The van der Waals surface area contributed by atoms with Gasteiger partial charge in [0, 0.05) is 29.3 Å². The molecule has 2 N–H and O–H groups in total. The Balaban J connectivity index is 1.23. The largest absolute Gasteiger partial charge is 0.452 e. The number of esters is 1. The van der Waals surface area contributed by atoms with Crippen molar-refractivity contribution in [1.82, 2.24) is 15.2 Å². The third-order valence-corrected chi connectivity index (χ3v) is 11.6. The molecule has 47 heavy (non-hydrogen) atoms. The number of fused-ring (bicyclic) bond motifs is 1. The Morgan fingerprint density at radius 3 is 2.32 bits per heavy atom. The minimum absolute atomic E-state index is 0.214. The van der Waals surface area contributed by atoms with Gasteiger partial charge in [-0.3, -0.25) is 24.1 Å². The number of nitrogens with one attached hydrogen (secondary N) is 2. The van der Waals surface area contributed by atoms with E-state index < -0.39 is 29.7 Å². The van der Waals surface area contributed by atoms with Crippen LogP contribution in [0.4, 0.5) is 5.13 Å². The van der Waals surface area contributed by atoms with E-state index in [-0.39, 0.29) is 23.0 Å². The molecule has 4 aromatic rings. The van der Waals surface area contributed by atoms with Gasteiger partial charge in [0.05, 0.1) is 14.9 Å². The molecule has 0 aliphatic carbocycles. The van der Waals surface area contributed by atoms with E-state index in [1.54, 1.807) is 36.2 Å². The number of rotatable bonds is 10. The van der Waals surface area contributed by atoms with Crippen LogP contribution >= 0.6 is 58.1 Å². The Morgan fingerprint density at radius 1 is 1.00 bits per heavy atom. The molecule has 1 fully saturated rings. The number of halogens is 2. The van der Waals surface area contributed by atoms with E-state index in [1.807, 2.05) is 60.7 Å². The summed E-state index contributed by atoms with van der Waals surface area (Å²) < 4.78 is 5.85. The summed E-state index contributed by atoms with van der Waals surface area (Å²) in [7, 11) is 0. The lowest BCUT2D eigenvalue weighted by Gasteiger charge is -2.50. The summed E-state index contributed by atoms with van der Waals surface area (Å²) >= 11 is 16.4. The monoisotopic (exact) mass is 724 g/mol. The Morgan fingerprint density at radius 2 is 1.68 bits per heavy atom. The third kappa shape index (κ3) is 7.52. The number of hydrogen-bond acceptors (Lipinski definition) is 9. The first-order valence-corrected chi connectivity index (χ1v) is 17.8. The molecule has 2 aliphatic rings. The van der Waals surface area contributed by atoms with E-state index in [2.05, 4.69) is 15.6 Å². The number of nitrogens with zero attached hydrogens (tertiary/aromatic N) is 2. The van der Waals surface area contributed by atoms with Gasteiger partial charge in [0.2, 0.25) is 17.7 Å². The van der Waals surface area contributed by atoms with Gasteiger partial charge in [-0.15, -0.1) is 23.5 Å². The van der Waals surface area contributed by atoms with Gasteiger partial charge in [-0.2, -0.15) is 0 Å². The maximum absolute atomic E-state index is 13.6. The first kappa shape index (κ1) is 33.1. The topological polar surface area (TPSA) is 118 Å². The number of anilines is 1. The number of thiazole rings is 1. The highest BCUT2D eigenvalue weighted by atomic mass is 35.5. The van der Waals surface area contributed by atoms with Crippen LogP contribution in [0.15, 0.2) is 95.8 Å². The highest BCUT2D eigenvalue weighted by Gasteiger charge is 2.53. The van der Waals surface area contributed by atoms with E-state index in [4.69, 9.17) is 27.9 Å². The van der Waals surface area contributed by atoms with Crippen molar-refractivity contribution in [3.05, 3.63) is 117 Å². The lowest BCUT2D eigenvalue weighted by Crippen LogP contribution is -2.64. The molecular weight excluding hydrogens is 699 g/mol. The van der Waals surface area contributed by atoms with Crippen LogP contribution in [0.5, 0.6) is 0 Å². The van der Waals surface area contributed by atoms with Gasteiger partial charge in [-0.1, -0.05) is 95.2 Å². The molecule has 0 saturated carbocycles. The highest BCUT2D eigenvalue weighted by Crippen LogP contribution is 2.49. The number of carbonyl (C=O) groups excluding carboxylic acids is 4. The number of aromatic nitrogens is 1. The average molecular weight is 726 g/mol. The van der Waals surface area contributed by atoms with Crippen molar-refractivity contribution < 1.29 is 23.9 Å². The van der Waals surface area contributed by atoms with E-state index in [9.17, 15) is 19.2 Å². The zero-order valence-electron chi connectivity index (χ0n) is 24.6. The molecular formula is C33H26Cl2N4O5S3. The Bertz CT molecular complexity index is 1830. The van der Waals surface area contributed by atoms with E-state index in [0.29, 0.717) is 31.4 Å². The van der Waals surface area contributed by atoms with Crippen LogP contribution in [0.2, 0.25) is 10.0 Å². The number of carbonyl (C=O) groups is 4. The highest BCUT2D eigenvalue weighted by molar-refractivity contribution is 8.04. The molecule has 1 aromatic heterocycles. The third-order valence-electron chi connectivity index (χ3n) is 7.18. The molecule has 240 valence electrons. The number of ether oxygens (including phenoxy) is 1. The summed E-state index contributed by atoms with van der Waals surface area (Å²) in [6.45, 7) is 1.39. The van der Waals surface area contributed by atoms with Gasteiger partial charge in [-0.05, 0) is 29.3 Å². The fraction of sp³-hybridized carbons (Fsp3) is 0.182. The summed E-state index contributed by atoms with van der Waals surface area (Å²) in [5, 5.41) is 5.96. The molecule has 3 aromatic carbocycles. The second-order valence-electron chi connectivity index (χ2n) is 10.5. The fourth-order valence-corrected chi connectivity index (χ4v) is 9.16. The van der Waals surface area contributed by atoms with Crippen LogP contribution in [-0.4, -0.2) is 50.0 Å². The fourth-order valence-electron chi connectivity index (χ4n) is 5.04. The molecule has 0 bridgehead atoms. The first-order valence-electron chi connectivity index (χ1n) is 14.3. The van der Waals surface area contributed by atoms with Crippen molar-refractivity contribution in [3.8, 4) is 0 Å². The van der Waals surface area contributed by atoms with Gasteiger partial charge in [0.25, 0.3) is 0 Å². The Labute approximate surface area is 293 Å². The van der Waals surface area contributed by atoms with Gasteiger partial charge < -0.3 is 15.4 Å². The smallest absolute Gasteiger partial charge is 0.316 e. The van der Waals surface area contributed by atoms with Crippen LogP contribution in [0.1, 0.15) is 35.5 Å². The standard InChI is InChI=1S/C33H26Cl2N4O5S3/c1-18(40)37-33-36-16-25(47-33)22-17-45-32-29(46-21-12-13-23(34)24(35)14-21)31(43)39(32)30(22)38-26(41)15-27(42)44-28(19-8-4-2-5-9-19)20-10-6-3-7-11-20/h2-14,16,28-29,32H,15,17H2,1H3,(H,38,41)(H,36,37,40).